The molecule has 0 spiro atoms. The van der Waals surface area contributed by atoms with Crippen LogP contribution in [0.3, 0.4) is 0 Å². The molecule has 3 aromatic rings. The first-order valence-electron chi connectivity index (χ1n) is 6.90. The number of benzene rings is 2. The number of methoxy groups -OCH3 is 1. The number of hydrogen-bond acceptors (Lipinski definition) is 3. The molecule has 22 heavy (non-hydrogen) atoms. The average Bonchev–Trinajstić information content (AvgIpc) is 2.54. The van der Waals surface area contributed by atoms with Gasteiger partial charge in [-0.05, 0) is 30.7 Å². The number of nitrogens with zero attached hydrogens (tertiary/aromatic N) is 2. The molecule has 0 fully saturated rings. The first-order chi connectivity index (χ1) is 10.5. The number of ether oxygens (including phenoxy) is 1. The smallest absolute Gasteiger partial charge is 0.335 e. The number of aryl methyl sites for hydroxylation is 2. The molecule has 0 unspecified atom stereocenters. The van der Waals surface area contributed by atoms with Gasteiger partial charge in [0.2, 0.25) is 0 Å². The Morgan fingerprint density at radius 2 is 1.77 bits per heavy atom. The van der Waals surface area contributed by atoms with E-state index in [9.17, 15) is 9.59 Å². The maximum absolute atomic E-state index is 12.8. The van der Waals surface area contributed by atoms with Gasteiger partial charge in [-0.25, -0.2) is 9.36 Å². The standard InChI is InChI=1S/C17H16N2O3/c1-11-6-4-5-7-14(11)19-16(20)13-9-8-12(22-3)10-15(13)18(2)17(19)21/h4-10H,1-3H3. The van der Waals surface area contributed by atoms with E-state index in [1.807, 2.05) is 25.1 Å². The van der Waals surface area contributed by atoms with E-state index in [1.54, 1.807) is 38.4 Å². The normalized spacial score (nSPS) is 10.9. The van der Waals surface area contributed by atoms with E-state index < -0.39 is 0 Å². The molecular weight excluding hydrogens is 280 g/mol. The number of aromatic nitrogens is 2. The summed E-state index contributed by atoms with van der Waals surface area (Å²) in [7, 11) is 3.20. The minimum atomic E-state index is -0.375. The summed E-state index contributed by atoms with van der Waals surface area (Å²) in [6, 6.07) is 12.4. The Kier molecular flexibility index (Phi) is 3.33. The second-order valence-corrected chi connectivity index (χ2v) is 5.15. The maximum atomic E-state index is 12.8. The number of fused-ring (bicyclic) bond motifs is 1. The minimum absolute atomic E-state index is 0.324. The molecule has 5 heteroatoms. The quantitative estimate of drug-likeness (QED) is 0.727. The molecule has 2 aromatic carbocycles. The zero-order valence-corrected chi connectivity index (χ0v) is 12.7. The highest BCUT2D eigenvalue weighted by Gasteiger charge is 2.14. The first-order valence-corrected chi connectivity index (χ1v) is 6.90. The summed E-state index contributed by atoms with van der Waals surface area (Å²) in [5, 5.41) is 0.478. The van der Waals surface area contributed by atoms with Crippen molar-refractivity contribution in [3.8, 4) is 11.4 Å². The summed E-state index contributed by atoms with van der Waals surface area (Å²) in [5.74, 6) is 0.607. The van der Waals surface area contributed by atoms with Gasteiger partial charge in [0.1, 0.15) is 5.75 Å². The third kappa shape index (κ3) is 2.02. The van der Waals surface area contributed by atoms with E-state index >= 15 is 0 Å². The summed E-state index contributed by atoms with van der Waals surface area (Å²) in [6.07, 6.45) is 0. The van der Waals surface area contributed by atoms with E-state index in [-0.39, 0.29) is 11.2 Å². The van der Waals surface area contributed by atoms with Gasteiger partial charge in [0, 0.05) is 13.1 Å². The first kappa shape index (κ1) is 14.1. The van der Waals surface area contributed by atoms with Crippen molar-refractivity contribution in [1.82, 2.24) is 9.13 Å². The van der Waals surface area contributed by atoms with Crippen LogP contribution in [0.15, 0.2) is 52.1 Å². The molecule has 1 aromatic heterocycles. The van der Waals surface area contributed by atoms with Gasteiger partial charge in [-0.1, -0.05) is 18.2 Å². The van der Waals surface area contributed by atoms with Crippen LogP contribution in [-0.4, -0.2) is 16.2 Å². The number of para-hydroxylation sites is 1. The van der Waals surface area contributed by atoms with Crippen molar-refractivity contribution < 1.29 is 4.74 Å². The Morgan fingerprint density at radius 1 is 1.05 bits per heavy atom. The molecule has 1 heterocycles. The lowest BCUT2D eigenvalue weighted by Gasteiger charge is -2.13. The van der Waals surface area contributed by atoms with Gasteiger partial charge in [0.15, 0.2) is 0 Å². The van der Waals surface area contributed by atoms with Gasteiger partial charge < -0.3 is 4.74 Å². The molecular formula is C17H16N2O3. The van der Waals surface area contributed by atoms with Crippen molar-refractivity contribution in [2.75, 3.05) is 7.11 Å². The Morgan fingerprint density at radius 3 is 2.45 bits per heavy atom. The predicted molar refractivity (Wildman–Crippen MR) is 86.1 cm³/mol. The molecule has 0 amide bonds. The number of hydrogen-bond donors (Lipinski definition) is 0. The van der Waals surface area contributed by atoms with E-state index in [2.05, 4.69) is 0 Å². The summed E-state index contributed by atoms with van der Waals surface area (Å²) in [6.45, 7) is 1.87. The molecule has 0 saturated carbocycles. The lowest BCUT2D eigenvalue weighted by molar-refractivity contribution is 0.415. The molecule has 0 radical (unpaired) electrons. The second-order valence-electron chi connectivity index (χ2n) is 5.15. The van der Waals surface area contributed by atoms with Crippen LogP contribution in [0.25, 0.3) is 16.6 Å². The molecule has 0 aliphatic carbocycles. The fourth-order valence-electron chi connectivity index (χ4n) is 2.58. The van der Waals surface area contributed by atoms with Crippen LogP contribution in [0.1, 0.15) is 5.56 Å². The Labute approximate surface area is 127 Å². The Balaban J connectivity index is 2.47. The van der Waals surface area contributed by atoms with Crippen LogP contribution < -0.4 is 16.0 Å². The van der Waals surface area contributed by atoms with Crippen LogP contribution in [0, 0.1) is 6.92 Å². The topological polar surface area (TPSA) is 53.2 Å². The highest BCUT2D eigenvalue weighted by Crippen LogP contribution is 2.18. The van der Waals surface area contributed by atoms with Gasteiger partial charge in [0.05, 0.1) is 23.7 Å². The van der Waals surface area contributed by atoms with Crippen LogP contribution in [-0.2, 0) is 7.05 Å². The molecule has 3 rings (SSSR count). The van der Waals surface area contributed by atoms with Gasteiger partial charge in [-0.15, -0.1) is 0 Å². The van der Waals surface area contributed by atoms with Gasteiger partial charge >= 0.3 is 5.69 Å². The number of rotatable bonds is 2. The zero-order chi connectivity index (χ0) is 15.9. The van der Waals surface area contributed by atoms with Crippen molar-refractivity contribution in [1.29, 1.82) is 0 Å². The van der Waals surface area contributed by atoms with Crippen molar-refractivity contribution in [2.45, 2.75) is 6.92 Å². The Bertz CT molecular complexity index is 983. The lowest BCUT2D eigenvalue weighted by Crippen LogP contribution is -2.38. The molecule has 0 bridgehead atoms. The van der Waals surface area contributed by atoms with E-state index in [0.717, 1.165) is 5.56 Å². The summed E-state index contributed by atoms with van der Waals surface area (Å²) >= 11 is 0. The largest absolute Gasteiger partial charge is 0.497 e. The third-order valence-electron chi connectivity index (χ3n) is 3.83. The summed E-state index contributed by atoms with van der Waals surface area (Å²) in [5.41, 5.74) is 1.33. The van der Waals surface area contributed by atoms with Crippen LogP contribution in [0.2, 0.25) is 0 Å². The summed E-state index contributed by atoms with van der Waals surface area (Å²) in [4.78, 5) is 25.4. The van der Waals surface area contributed by atoms with Crippen molar-refractivity contribution in [3.63, 3.8) is 0 Å². The molecule has 0 N–H and O–H groups in total. The van der Waals surface area contributed by atoms with Crippen LogP contribution >= 0.6 is 0 Å². The molecule has 5 nitrogen and oxygen atoms in total. The second kappa shape index (κ2) is 5.18. The van der Waals surface area contributed by atoms with Crippen molar-refractivity contribution in [3.05, 3.63) is 68.9 Å². The lowest BCUT2D eigenvalue weighted by atomic mass is 10.2. The fourth-order valence-corrected chi connectivity index (χ4v) is 2.58. The zero-order valence-electron chi connectivity index (χ0n) is 12.7. The average molecular weight is 296 g/mol. The van der Waals surface area contributed by atoms with E-state index in [1.165, 1.54) is 9.13 Å². The molecule has 0 saturated heterocycles. The van der Waals surface area contributed by atoms with E-state index in [0.29, 0.717) is 22.3 Å². The summed E-state index contributed by atoms with van der Waals surface area (Å²) < 4.78 is 7.84. The van der Waals surface area contributed by atoms with Crippen LogP contribution in [0.5, 0.6) is 5.75 Å². The van der Waals surface area contributed by atoms with Crippen molar-refractivity contribution >= 4 is 10.9 Å². The van der Waals surface area contributed by atoms with Gasteiger partial charge in [-0.2, -0.15) is 0 Å². The molecule has 0 aliphatic rings. The van der Waals surface area contributed by atoms with Gasteiger partial charge in [-0.3, -0.25) is 9.36 Å². The highest BCUT2D eigenvalue weighted by atomic mass is 16.5. The minimum Gasteiger partial charge on any atom is -0.497 e. The molecule has 112 valence electrons. The molecule has 0 atom stereocenters. The third-order valence-corrected chi connectivity index (χ3v) is 3.83. The molecule has 0 aliphatic heterocycles. The Hall–Kier alpha value is -2.82. The van der Waals surface area contributed by atoms with E-state index in [4.69, 9.17) is 4.74 Å². The SMILES string of the molecule is COc1ccc2c(=O)n(-c3ccccc3C)c(=O)n(C)c2c1. The fraction of sp³-hybridized carbons (Fsp3) is 0.176. The highest BCUT2D eigenvalue weighted by molar-refractivity contribution is 5.80. The van der Waals surface area contributed by atoms with Crippen molar-refractivity contribution in [2.24, 2.45) is 7.05 Å². The monoisotopic (exact) mass is 296 g/mol. The van der Waals surface area contributed by atoms with Gasteiger partial charge in [0.25, 0.3) is 5.56 Å². The van der Waals surface area contributed by atoms with Crippen LogP contribution in [0.4, 0.5) is 0 Å². The predicted octanol–water partition coefficient (Wildman–Crippen LogP) is 2.01. The maximum Gasteiger partial charge on any atom is 0.335 e.